The molecule has 0 aliphatic carbocycles. The van der Waals surface area contributed by atoms with Crippen LogP contribution in [0, 0.1) is 6.92 Å². The van der Waals surface area contributed by atoms with Crippen molar-refractivity contribution in [3.05, 3.63) is 65.1 Å². The summed E-state index contributed by atoms with van der Waals surface area (Å²) in [5.74, 6) is 1.04. The standard InChI is InChI=1S/C16H15ClN6/c1-11-8-12(17)5-6-14(11)21-15-10-20-23-16(22-15)19-9-13-4-2-3-7-18-13/h2-8,10H,9H2,1H3,(H2,19,21,22,23). The summed E-state index contributed by atoms with van der Waals surface area (Å²) >= 11 is 5.96. The van der Waals surface area contributed by atoms with E-state index in [4.69, 9.17) is 11.6 Å². The highest BCUT2D eigenvalue weighted by atomic mass is 35.5. The Balaban J connectivity index is 1.69. The predicted octanol–water partition coefficient (Wildman–Crippen LogP) is 3.58. The predicted molar refractivity (Wildman–Crippen MR) is 90.9 cm³/mol. The molecule has 23 heavy (non-hydrogen) atoms. The first kappa shape index (κ1) is 15.2. The van der Waals surface area contributed by atoms with Crippen LogP contribution in [0.15, 0.2) is 48.8 Å². The van der Waals surface area contributed by atoms with Gasteiger partial charge in [0.05, 0.1) is 18.4 Å². The summed E-state index contributed by atoms with van der Waals surface area (Å²) in [6.45, 7) is 2.51. The maximum Gasteiger partial charge on any atom is 0.245 e. The van der Waals surface area contributed by atoms with E-state index in [0.717, 1.165) is 16.9 Å². The quantitative estimate of drug-likeness (QED) is 0.746. The summed E-state index contributed by atoms with van der Waals surface area (Å²) in [7, 11) is 0. The zero-order chi connectivity index (χ0) is 16.1. The second kappa shape index (κ2) is 7.02. The molecule has 0 radical (unpaired) electrons. The van der Waals surface area contributed by atoms with Gasteiger partial charge in [0.15, 0.2) is 5.82 Å². The lowest BCUT2D eigenvalue weighted by Gasteiger charge is -2.10. The molecule has 3 rings (SSSR count). The fraction of sp³-hybridized carbons (Fsp3) is 0.125. The van der Waals surface area contributed by atoms with Gasteiger partial charge in [0, 0.05) is 16.9 Å². The molecule has 6 nitrogen and oxygen atoms in total. The van der Waals surface area contributed by atoms with Gasteiger partial charge < -0.3 is 10.6 Å². The van der Waals surface area contributed by atoms with Gasteiger partial charge in [-0.05, 0) is 42.8 Å². The number of hydrogen-bond acceptors (Lipinski definition) is 6. The molecule has 1 aromatic carbocycles. The van der Waals surface area contributed by atoms with Crippen LogP contribution in [0.25, 0.3) is 0 Å². The van der Waals surface area contributed by atoms with Crippen LogP contribution in [-0.2, 0) is 6.54 Å². The molecule has 3 aromatic rings. The molecule has 2 heterocycles. The number of pyridine rings is 1. The smallest absolute Gasteiger partial charge is 0.245 e. The van der Waals surface area contributed by atoms with Gasteiger partial charge in [0.2, 0.25) is 5.95 Å². The number of benzene rings is 1. The molecule has 0 aliphatic heterocycles. The van der Waals surface area contributed by atoms with Crippen molar-refractivity contribution in [1.82, 2.24) is 20.2 Å². The van der Waals surface area contributed by atoms with E-state index in [2.05, 4.69) is 30.8 Å². The van der Waals surface area contributed by atoms with Crippen molar-refractivity contribution in [2.45, 2.75) is 13.5 Å². The van der Waals surface area contributed by atoms with E-state index in [9.17, 15) is 0 Å². The molecule has 116 valence electrons. The Labute approximate surface area is 139 Å². The molecule has 0 saturated carbocycles. The van der Waals surface area contributed by atoms with Crippen molar-refractivity contribution in [3.63, 3.8) is 0 Å². The number of rotatable bonds is 5. The van der Waals surface area contributed by atoms with Crippen LogP contribution in [0.2, 0.25) is 5.02 Å². The average molecular weight is 327 g/mol. The van der Waals surface area contributed by atoms with Crippen LogP contribution in [0.3, 0.4) is 0 Å². The molecular formula is C16H15ClN6. The third-order valence-electron chi connectivity index (χ3n) is 3.16. The van der Waals surface area contributed by atoms with Crippen LogP contribution < -0.4 is 10.6 Å². The molecule has 2 N–H and O–H groups in total. The number of hydrogen-bond donors (Lipinski definition) is 2. The van der Waals surface area contributed by atoms with Gasteiger partial charge in [-0.1, -0.05) is 17.7 Å². The molecule has 0 fully saturated rings. The number of halogens is 1. The minimum absolute atomic E-state index is 0.437. The monoisotopic (exact) mass is 326 g/mol. The molecule has 0 spiro atoms. The maximum atomic E-state index is 5.96. The van der Waals surface area contributed by atoms with Gasteiger partial charge in [0.1, 0.15) is 0 Å². The van der Waals surface area contributed by atoms with Crippen LogP contribution >= 0.6 is 11.6 Å². The zero-order valence-corrected chi connectivity index (χ0v) is 13.2. The Hall–Kier alpha value is -2.73. The van der Waals surface area contributed by atoms with Gasteiger partial charge in [-0.15, -0.1) is 5.10 Å². The van der Waals surface area contributed by atoms with Crippen LogP contribution in [-0.4, -0.2) is 20.2 Å². The Morgan fingerprint density at radius 3 is 2.87 bits per heavy atom. The molecule has 7 heteroatoms. The first-order chi connectivity index (χ1) is 11.2. The number of aryl methyl sites for hydroxylation is 1. The maximum absolute atomic E-state index is 5.96. The van der Waals surface area contributed by atoms with Crippen LogP contribution in [0.5, 0.6) is 0 Å². The summed E-state index contributed by atoms with van der Waals surface area (Å²) < 4.78 is 0. The van der Waals surface area contributed by atoms with E-state index >= 15 is 0 Å². The van der Waals surface area contributed by atoms with Crippen LogP contribution in [0.1, 0.15) is 11.3 Å². The summed E-state index contributed by atoms with van der Waals surface area (Å²) in [6, 6.07) is 11.4. The van der Waals surface area contributed by atoms with Crippen molar-refractivity contribution < 1.29 is 0 Å². The highest BCUT2D eigenvalue weighted by Crippen LogP contribution is 2.22. The Bertz CT molecular complexity index is 794. The van der Waals surface area contributed by atoms with Gasteiger partial charge >= 0.3 is 0 Å². The highest BCUT2D eigenvalue weighted by molar-refractivity contribution is 6.30. The summed E-state index contributed by atoms with van der Waals surface area (Å²) in [5.41, 5.74) is 2.85. The van der Waals surface area contributed by atoms with Crippen molar-refractivity contribution in [2.75, 3.05) is 10.6 Å². The summed E-state index contributed by atoms with van der Waals surface area (Å²) in [6.07, 6.45) is 3.32. The van der Waals surface area contributed by atoms with E-state index in [1.807, 2.05) is 43.3 Å². The molecule has 0 atom stereocenters. The van der Waals surface area contributed by atoms with Gasteiger partial charge in [-0.2, -0.15) is 10.1 Å². The highest BCUT2D eigenvalue weighted by Gasteiger charge is 2.04. The van der Waals surface area contributed by atoms with Gasteiger partial charge in [0.25, 0.3) is 0 Å². The lowest BCUT2D eigenvalue weighted by Crippen LogP contribution is -2.07. The minimum Gasteiger partial charge on any atom is -0.347 e. The van der Waals surface area contributed by atoms with E-state index in [1.54, 1.807) is 12.4 Å². The molecule has 2 aromatic heterocycles. The van der Waals surface area contributed by atoms with Crippen molar-refractivity contribution in [3.8, 4) is 0 Å². The first-order valence-electron chi connectivity index (χ1n) is 7.07. The number of nitrogens with zero attached hydrogens (tertiary/aromatic N) is 4. The van der Waals surface area contributed by atoms with E-state index < -0.39 is 0 Å². The molecule has 0 amide bonds. The fourth-order valence-corrected chi connectivity index (χ4v) is 2.24. The van der Waals surface area contributed by atoms with E-state index in [1.165, 1.54) is 0 Å². The SMILES string of the molecule is Cc1cc(Cl)ccc1Nc1cnnc(NCc2ccccn2)n1. The Morgan fingerprint density at radius 1 is 1.17 bits per heavy atom. The molecule has 0 bridgehead atoms. The number of nitrogens with one attached hydrogen (secondary N) is 2. The number of aromatic nitrogens is 4. The number of anilines is 3. The van der Waals surface area contributed by atoms with Crippen LogP contribution in [0.4, 0.5) is 17.5 Å². The minimum atomic E-state index is 0.437. The lowest BCUT2D eigenvalue weighted by atomic mass is 10.2. The Kier molecular flexibility index (Phi) is 4.63. The third-order valence-corrected chi connectivity index (χ3v) is 3.40. The van der Waals surface area contributed by atoms with E-state index in [0.29, 0.717) is 23.3 Å². The first-order valence-corrected chi connectivity index (χ1v) is 7.45. The second-order valence-corrected chi connectivity index (χ2v) is 5.36. The summed E-state index contributed by atoms with van der Waals surface area (Å²) in [4.78, 5) is 8.63. The zero-order valence-electron chi connectivity index (χ0n) is 12.5. The second-order valence-electron chi connectivity index (χ2n) is 4.92. The fourth-order valence-electron chi connectivity index (χ4n) is 2.02. The molecular weight excluding hydrogens is 312 g/mol. The van der Waals surface area contributed by atoms with Gasteiger partial charge in [-0.3, -0.25) is 4.98 Å². The molecule has 0 unspecified atom stereocenters. The molecule has 0 aliphatic rings. The molecule has 0 saturated heterocycles. The lowest BCUT2D eigenvalue weighted by molar-refractivity contribution is 0.934. The van der Waals surface area contributed by atoms with Crippen molar-refractivity contribution in [2.24, 2.45) is 0 Å². The normalized spacial score (nSPS) is 10.3. The Morgan fingerprint density at radius 2 is 2.09 bits per heavy atom. The van der Waals surface area contributed by atoms with Gasteiger partial charge in [-0.25, -0.2) is 0 Å². The largest absolute Gasteiger partial charge is 0.347 e. The average Bonchev–Trinajstić information content (AvgIpc) is 2.57. The van der Waals surface area contributed by atoms with Crippen molar-refractivity contribution >= 4 is 29.1 Å². The van der Waals surface area contributed by atoms with E-state index in [-0.39, 0.29) is 0 Å². The summed E-state index contributed by atoms with van der Waals surface area (Å²) in [5, 5.41) is 14.9. The topological polar surface area (TPSA) is 75.6 Å². The van der Waals surface area contributed by atoms with Crippen molar-refractivity contribution in [1.29, 1.82) is 0 Å². The third kappa shape index (κ3) is 4.14.